The van der Waals surface area contributed by atoms with Gasteiger partial charge in [-0.3, -0.25) is 14.7 Å². The zero-order chi connectivity index (χ0) is 34.1. The summed E-state index contributed by atoms with van der Waals surface area (Å²) >= 11 is 9.88. The number of amides is 2. The molecule has 1 aliphatic carbocycles. The second-order valence-electron chi connectivity index (χ2n) is 13.1. The molecule has 0 radical (unpaired) electrons. The summed E-state index contributed by atoms with van der Waals surface area (Å²) in [6.07, 6.45) is 9.75. The molecule has 1 aliphatic heterocycles. The van der Waals surface area contributed by atoms with E-state index in [2.05, 4.69) is 78.2 Å². The molecule has 6 rings (SSSR count). The Balaban J connectivity index is 0.000000214. The molecular weight excluding hydrogens is 692 g/mol. The molecule has 0 saturated carbocycles. The molecule has 1 unspecified atom stereocenters. The number of carbonyl (C=O) groups excluding carboxylic acids is 2. The number of fused-ring (bicyclic) bond motifs is 2. The minimum Gasteiger partial charge on any atom is -0.444 e. The molecule has 1 fully saturated rings. The summed E-state index contributed by atoms with van der Waals surface area (Å²) in [6, 6.07) is 18.8. The number of aromatic nitrogens is 3. The second kappa shape index (κ2) is 16.6. The first kappa shape index (κ1) is 35.6. The first-order valence-electron chi connectivity index (χ1n) is 16.5. The zero-order valence-electron chi connectivity index (χ0n) is 27.9. The van der Waals surface area contributed by atoms with E-state index in [0.717, 1.165) is 72.6 Å². The monoisotopic (exact) mass is 734 g/mol. The minimum atomic E-state index is -0.482. The van der Waals surface area contributed by atoms with E-state index >= 15 is 0 Å². The largest absolute Gasteiger partial charge is 0.444 e. The van der Waals surface area contributed by atoms with Crippen molar-refractivity contribution in [3.8, 4) is 0 Å². The highest BCUT2D eigenvalue weighted by atomic mass is 79.9. The summed E-state index contributed by atoms with van der Waals surface area (Å²) in [5.41, 5.74) is 6.89. The number of ether oxygens (including phenoxy) is 1. The molecule has 0 spiro atoms. The number of carbonyl (C=O) groups is 2. The Morgan fingerprint density at radius 2 is 1.77 bits per heavy atom. The summed E-state index contributed by atoms with van der Waals surface area (Å²) in [6.45, 7) is 10.1. The molecule has 2 amide bonds. The third-order valence-corrected chi connectivity index (χ3v) is 9.18. The molecule has 2 aliphatic rings. The van der Waals surface area contributed by atoms with E-state index in [-0.39, 0.29) is 12.1 Å². The molecule has 1 atom stereocenters. The number of hydrogen-bond acceptors (Lipinski definition) is 6. The summed E-state index contributed by atoms with van der Waals surface area (Å²) < 4.78 is 8.69. The Kier molecular flexibility index (Phi) is 12.3. The van der Waals surface area contributed by atoms with Crippen LogP contribution in [0.2, 0.25) is 5.02 Å². The Morgan fingerprint density at radius 1 is 1.02 bits per heavy atom. The predicted molar refractivity (Wildman–Crippen MR) is 192 cm³/mol. The number of pyridine rings is 1. The van der Waals surface area contributed by atoms with Crippen molar-refractivity contribution in [2.45, 2.75) is 64.6 Å². The number of aryl methyl sites for hydroxylation is 4. The number of benzene rings is 2. The van der Waals surface area contributed by atoms with Crippen LogP contribution in [-0.4, -0.2) is 75.2 Å². The van der Waals surface area contributed by atoms with Crippen LogP contribution in [-0.2, 0) is 41.8 Å². The van der Waals surface area contributed by atoms with Gasteiger partial charge in [0, 0.05) is 73.3 Å². The molecule has 254 valence electrons. The van der Waals surface area contributed by atoms with Crippen LogP contribution in [0.15, 0.2) is 77.8 Å². The lowest BCUT2D eigenvalue weighted by atomic mass is 9.96. The van der Waals surface area contributed by atoms with Crippen molar-refractivity contribution in [3.05, 3.63) is 116 Å². The van der Waals surface area contributed by atoms with E-state index in [1.165, 1.54) is 22.3 Å². The van der Waals surface area contributed by atoms with Crippen LogP contribution in [0, 0.1) is 0 Å². The average molecular weight is 736 g/mol. The SMILES string of the molecule is CC(C)(C)OC(=O)N1CCN(C2c3ccc(Cl)cc3CCc3cc(Br)cnc32)CC1.O=CNCCc1cncn1CCc1ccccc1. The molecule has 1 N–H and O–H groups in total. The smallest absolute Gasteiger partial charge is 0.410 e. The van der Waals surface area contributed by atoms with Crippen LogP contribution < -0.4 is 5.32 Å². The Bertz CT molecular complexity index is 1610. The molecule has 3 heterocycles. The maximum absolute atomic E-state index is 12.5. The summed E-state index contributed by atoms with van der Waals surface area (Å²) in [7, 11) is 0. The summed E-state index contributed by atoms with van der Waals surface area (Å²) in [5, 5.41) is 3.43. The number of imidazole rings is 1. The van der Waals surface area contributed by atoms with Gasteiger partial charge in [-0.25, -0.2) is 9.78 Å². The van der Waals surface area contributed by atoms with Crippen LogP contribution in [0.5, 0.6) is 0 Å². The maximum atomic E-state index is 12.5. The maximum Gasteiger partial charge on any atom is 0.410 e. The lowest BCUT2D eigenvalue weighted by Crippen LogP contribution is -2.51. The van der Waals surface area contributed by atoms with Gasteiger partial charge in [0.05, 0.1) is 18.1 Å². The van der Waals surface area contributed by atoms with Crippen molar-refractivity contribution in [2.75, 3.05) is 32.7 Å². The lowest BCUT2D eigenvalue weighted by molar-refractivity contribution is -0.109. The molecule has 11 heteroatoms. The van der Waals surface area contributed by atoms with Gasteiger partial charge in [0.1, 0.15) is 5.60 Å². The van der Waals surface area contributed by atoms with Gasteiger partial charge >= 0.3 is 6.09 Å². The first-order valence-corrected chi connectivity index (χ1v) is 17.6. The van der Waals surface area contributed by atoms with E-state index in [4.69, 9.17) is 21.3 Å². The van der Waals surface area contributed by atoms with Gasteiger partial charge in [-0.1, -0.05) is 48.0 Å². The van der Waals surface area contributed by atoms with Crippen molar-refractivity contribution in [2.24, 2.45) is 0 Å². The standard InChI is InChI=1S/C23H27BrClN3O2.C14H17N3O/c1-23(2,3)30-22(29)28-10-8-27(9-11-28)21-19-7-6-18(25)13-15(19)4-5-16-12-17(24)14-26-20(16)21;18-12-15-8-6-14-10-16-11-17(14)9-7-13-4-2-1-3-5-13/h6-7,12-14,21H,4-5,8-11H2,1-3H3;1-5,10-12H,6-9H2,(H,15,18). The fourth-order valence-corrected chi connectivity index (χ4v) is 6.76. The van der Waals surface area contributed by atoms with Gasteiger partial charge < -0.3 is 19.5 Å². The number of hydrogen-bond donors (Lipinski definition) is 1. The predicted octanol–water partition coefficient (Wildman–Crippen LogP) is 6.65. The third-order valence-electron chi connectivity index (χ3n) is 8.51. The van der Waals surface area contributed by atoms with Crippen LogP contribution in [0.25, 0.3) is 0 Å². The van der Waals surface area contributed by atoms with Crippen LogP contribution in [0.3, 0.4) is 0 Å². The number of halogens is 2. The van der Waals surface area contributed by atoms with Crippen molar-refractivity contribution in [1.82, 2.24) is 29.7 Å². The highest BCUT2D eigenvalue weighted by Crippen LogP contribution is 2.38. The lowest BCUT2D eigenvalue weighted by Gasteiger charge is -2.40. The number of piperazine rings is 1. The molecule has 1 saturated heterocycles. The fraction of sp³-hybridized carbons (Fsp3) is 0.405. The number of nitrogens with zero attached hydrogens (tertiary/aromatic N) is 5. The highest BCUT2D eigenvalue weighted by molar-refractivity contribution is 9.10. The molecule has 4 aromatic rings. The van der Waals surface area contributed by atoms with Gasteiger partial charge in [0.15, 0.2) is 0 Å². The Morgan fingerprint density at radius 3 is 2.50 bits per heavy atom. The zero-order valence-corrected chi connectivity index (χ0v) is 30.2. The quantitative estimate of drug-likeness (QED) is 0.161. The Hall–Kier alpha value is -3.73. The summed E-state index contributed by atoms with van der Waals surface area (Å²) in [4.78, 5) is 35.9. The van der Waals surface area contributed by atoms with Gasteiger partial charge in [-0.15, -0.1) is 0 Å². The fourth-order valence-electron chi connectivity index (χ4n) is 6.18. The van der Waals surface area contributed by atoms with Crippen molar-refractivity contribution >= 4 is 40.0 Å². The Labute approximate surface area is 296 Å². The minimum absolute atomic E-state index is 0.0589. The van der Waals surface area contributed by atoms with E-state index in [1.54, 1.807) is 4.90 Å². The van der Waals surface area contributed by atoms with Crippen molar-refractivity contribution < 1.29 is 14.3 Å². The molecule has 9 nitrogen and oxygen atoms in total. The normalized spacial score (nSPS) is 16.1. The van der Waals surface area contributed by atoms with Crippen LogP contribution in [0.1, 0.15) is 60.5 Å². The van der Waals surface area contributed by atoms with Crippen molar-refractivity contribution in [1.29, 1.82) is 0 Å². The number of rotatable bonds is 8. The van der Waals surface area contributed by atoms with Crippen LogP contribution in [0.4, 0.5) is 4.79 Å². The molecule has 0 bridgehead atoms. The van der Waals surface area contributed by atoms with E-state index in [9.17, 15) is 9.59 Å². The third kappa shape index (κ3) is 9.67. The molecule has 48 heavy (non-hydrogen) atoms. The topological polar surface area (TPSA) is 92.6 Å². The molecular formula is C37H44BrClN6O3. The van der Waals surface area contributed by atoms with Crippen molar-refractivity contribution in [3.63, 3.8) is 0 Å². The molecule has 2 aromatic carbocycles. The van der Waals surface area contributed by atoms with E-state index < -0.39 is 5.60 Å². The highest BCUT2D eigenvalue weighted by Gasteiger charge is 2.34. The summed E-state index contributed by atoms with van der Waals surface area (Å²) in [5.74, 6) is 0. The van der Waals surface area contributed by atoms with Gasteiger partial charge in [-0.05, 0) is 96.4 Å². The van der Waals surface area contributed by atoms with Gasteiger partial charge in [0.2, 0.25) is 6.41 Å². The first-order chi connectivity index (χ1) is 23.1. The second-order valence-corrected chi connectivity index (χ2v) is 14.4. The van der Waals surface area contributed by atoms with Gasteiger partial charge in [0.25, 0.3) is 0 Å². The average Bonchev–Trinajstić information content (AvgIpc) is 3.45. The van der Waals surface area contributed by atoms with Gasteiger partial charge in [-0.2, -0.15) is 0 Å². The van der Waals surface area contributed by atoms with Crippen LogP contribution >= 0.6 is 27.5 Å². The number of nitrogens with one attached hydrogen (secondary N) is 1. The van der Waals surface area contributed by atoms with E-state index in [1.807, 2.05) is 51.6 Å². The van der Waals surface area contributed by atoms with E-state index in [0.29, 0.717) is 19.6 Å². The molecule has 2 aromatic heterocycles.